The van der Waals surface area contributed by atoms with E-state index in [1.54, 1.807) is 12.1 Å². The fraction of sp³-hybridized carbons (Fsp3) is 0.500. The highest BCUT2D eigenvalue weighted by molar-refractivity contribution is 14.1. The van der Waals surface area contributed by atoms with Crippen molar-refractivity contribution in [2.45, 2.75) is 12.2 Å². The van der Waals surface area contributed by atoms with Gasteiger partial charge in [0.15, 0.2) is 0 Å². The highest BCUT2D eigenvalue weighted by atomic mass is 127. The summed E-state index contributed by atoms with van der Waals surface area (Å²) in [5, 5.41) is 8.72. The van der Waals surface area contributed by atoms with Gasteiger partial charge in [-0.3, -0.25) is 9.69 Å². The summed E-state index contributed by atoms with van der Waals surface area (Å²) in [5.41, 5.74) is 0.396. The largest absolute Gasteiger partial charge is 0.480 e. The summed E-state index contributed by atoms with van der Waals surface area (Å²) in [6.07, 6.45) is -3.02. The van der Waals surface area contributed by atoms with Crippen LogP contribution in [0, 0.1) is 3.70 Å². The maximum Gasteiger partial charge on any atom is 0.409 e. The van der Waals surface area contributed by atoms with Crippen LogP contribution in [-0.4, -0.2) is 59.4 Å². The lowest BCUT2D eigenvalue weighted by Crippen LogP contribution is -2.59. The van der Waals surface area contributed by atoms with Crippen molar-refractivity contribution in [2.75, 3.05) is 31.1 Å². The molecule has 0 aliphatic carbocycles. The zero-order chi connectivity index (χ0) is 15.6. The molecule has 1 aliphatic rings. The van der Waals surface area contributed by atoms with Crippen LogP contribution in [0.15, 0.2) is 18.3 Å². The number of pyridine rings is 1. The van der Waals surface area contributed by atoms with Gasteiger partial charge >= 0.3 is 12.1 Å². The van der Waals surface area contributed by atoms with Gasteiger partial charge in [0.2, 0.25) is 0 Å². The molecule has 1 aliphatic heterocycles. The molecule has 1 fully saturated rings. The second-order valence-electron chi connectivity index (χ2n) is 4.72. The first-order valence-corrected chi connectivity index (χ1v) is 7.24. The fourth-order valence-corrected chi connectivity index (χ4v) is 2.62. The Morgan fingerprint density at radius 2 is 2.14 bits per heavy atom. The van der Waals surface area contributed by atoms with Crippen LogP contribution < -0.4 is 4.90 Å². The second-order valence-corrected chi connectivity index (χ2v) is 5.82. The van der Waals surface area contributed by atoms with Gasteiger partial charge in [0.05, 0.1) is 18.4 Å². The standard InChI is InChI=1S/C12H13F3IN3O2/c13-12(14,15)9-6-18(7-11(20)21)3-4-19(9)8-1-2-10(16)17-5-8/h1-2,5,9H,3-4,6-7H2,(H,20,21). The Bertz CT molecular complexity index is 509. The van der Waals surface area contributed by atoms with E-state index >= 15 is 0 Å². The Kier molecular flexibility index (Phi) is 4.91. The van der Waals surface area contributed by atoms with Crippen molar-refractivity contribution in [2.24, 2.45) is 0 Å². The van der Waals surface area contributed by atoms with Gasteiger partial charge in [0.1, 0.15) is 9.74 Å². The third-order valence-electron chi connectivity index (χ3n) is 3.24. The summed E-state index contributed by atoms with van der Waals surface area (Å²) < 4.78 is 40.4. The quantitative estimate of drug-likeness (QED) is 0.603. The van der Waals surface area contributed by atoms with E-state index in [1.807, 2.05) is 22.6 Å². The number of anilines is 1. The number of aromatic nitrogens is 1. The molecule has 1 atom stereocenters. The Balaban J connectivity index is 2.20. The summed E-state index contributed by atoms with van der Waals surface area (Å²) in [7, 11) is 0. The number of nitrogens with zero attached hydrogens (tertiary/aromatic N) is 3. The van der Waals surface area contributed by atoms with Gasteiger partial charge < -0.3 is 10.0 Å². The van der Waals surface area contributed by atoms with E-state index in [0.29, 0.717) is 9.39 Å². The molecule has 1 N–H and O–H groups in total. The number of hydrogen-bond donors (Lipinski definition) is 1. The molecule has 2 rings (SSSR count). The van der Waals surface area contributed by atoms with E-state index in [1.165, 1.54) is 16.0 Å². The first-order valence-electron chi connectivity index (χ1n) is 6.16. The van der Waals surface area contributed by atoms with Crippen molar-refractivity contribution in [3.8, 4) is 0 Å². The summed E-state index contributed by atoms with van der Waals surface area (Å²) in [6, 6.07) is 1.51. The van der Waals surface area contributed by atoms with Gasteiger partial charge in [-0.25, -0.2) is 4.98 Å². The van der Waals surface area contributed by atoms with Crippen LogP contribution in [0.25, 0.3) is 0 Å². The first kappa shape index (κ1) is 16.3. The zero-order valence-electron chi connectivity index (χ0n) is 10.8. The monoisotopic (exact) mass is 415 g/mol. The highest BCUT2D eigenvalue weighted by Crippen LogP contribution is 2.31. The number of hydrogen-bond acceptors (Lipinski definition) is 4. The van der Waals surface area contributed by atoms with Gasteiger partial charge in [-0.2, -0.15) is 13.2 Å². The van der Waals surface area contributed by atoms with Crippen LogP contribution in [0.4, 0.5) is 18.9 Å². The van der Waals surface area contributed by atoms with Gasteiger partial charge in [0.25, 0.3) is 0 Å². The molecule has 1 aromatic rings. The number of carbonyl (C=O) groups is 1. The molecule has 2 heterocycles. The molecule has 21 heavy (non-hydrogen) atoms. The average Bonchev–Trinajstić information content (AvgIpc) is 2.38. The van der Waals surface area contributed by atoms with Crippen molar-refractivity contribution >= 4 is 34.2 Å². The molecule has 1 saturated heterocycles. The van der Waals surface area contributed by atoms with Crippen LogP contribution in [0.3, 0.4) is 0 Å². The molecular weight excluding hydrogens is 402 g/mol. The molecule has 0 spiro atoms. The van der Waals surface area contributed by atoms with Crippen LogP contribution >= 0.6 is 22.6 Å². The van der Waals surface area contributed by atoms with Crippen LogP contribution in [0.5, 0.6) is 0 Å². The molecule has 0 radical (unpaired) electrons. The molecule has 5 nitrogen and oxygen atoms in total. The summed E-state index contributed by atoms with van der Waals surface area (Å²) >= 11 is 1.98. The van der Waals surface area contributed by atoms with E-state index < -0.39 is 18.2 Å². The summed E-state index contributed by atoms with van der Waals surface area (Å²) in [4.78, 5) is 17.2. The van der Waals surface area contributed by atoms with Gasteiger partial charge in [0, 0.05) is 19.6 Å². The van der Waals surface area contributed by atoms with E-state index in [2.05, 4.69) is 4.98 Å². The number of aliphatic carboxylic acids is 1. The van der Waals surface area contributed by atoms with E-state index in [4.69, 9.17) is 5.11 Å². The topological polar surface area (TPSA) is 56.7 Å². The normalized spacial score (nSPS) is 20.6. The van der Waals surface area contributed by atoms with Crippen LogP contribution in [0.1, 0.15) is 0 Å². The first-order chi connectivity index (χ1) is 9.77. The lowest BCUT2D eigenvalue weighted by molar-refractivity contribution is -0.159. The fourth-order valence-electron chi connectivity index (χ4n) is 2.30. The number of halogens is 4. The van der Waals surface area contributed by atoms with Gasteiger partial charge in [-0.1, -0.05) is 0 Å². The van der Waals surface area contributed by atoms with Crippen LogP contribution in [-0.2, 0) is 4.79 Å². The molecule has 116 valence electrons. The minimum Gasteiger partial charge on any atom is -0.480 e. The smallest absolute Gasteiger partial charge is 0.409 e. The Morgan fingerprint density at radius 3 is 2.67 bits per heavy atom. The Labute approximate surface area is 132 Å². The van der Waals surface area contributed by atoms with Crippen molar-refractivity contribution in [3.63, 3.8) is 0 Å². The third-order valence-corrected chi connectivity index (χ3v) is 3.88. The second kappa shape index (κ2) is 6.34. The van der Waals surface area contributed by atoms with Crippen LogP contribution in [0.2, 0.25) is 0 Å². The van der Waals surface area contributed by atoms with E-state index in [9.17, 15) is 18.0 Å². The maximum atomic E-state index is 13.2. The van der Waals surface area contributed by atoms with E-state index in [-0.39, 0.29) is 26.2 Å². The molecule has 9 heteroatoms. The number of carboxylic acid groups (broad SMARTS) is 1. The number of alkyl halides is 3. The van der Waals surface area contributed by atoms with Crippen molar-refractivity contribution in [1.82, 2.24) is 9.88 Å². The maximum absolute atomic E-state index is 13.2. The minimum absolute atomic E-state index is 0.111. The third kappa shape index (κ3) is 4.19. The average molecular weight is 415 g/mol. The Hall–Kier alpha value is -1.10. The molecule has 0 saturated carbocycles. The van der Waals surface area contributed by atoms with Crippen molar-refractivity contribution < 1.29 is 23.1 Å². The lowest BCUT2D eigenvalue weighted by Gasteiger charge is -2.42. The number of rotatable bonds is 3. The van der Waals surface area contributed by atoms with Crippen molar-refractivity contribution in [3.05, 3.63) is 22.0 Å². The number of carboxylic acids is 1. The molecular formula is C12H13F3IN3O2. The van der Waals surface area contributed by atoms with Gasteiger partial charge in [-0.15, -0.1) is 0 Å². The van der Waals surface area contributed by atoms with Crippen molar-refractivity contribution in [1.29, 1.82) is 0 Å². The van der Waals surface area contributed by atoms with E-state index in [0.717, 1.165) is 0 Å². The summed E-state index contributed by atoms with van der Waals surface area (Å²) in [5.74, 6) is -1.12. The molecule has 1 unspecified atom stereocenters. The lowest BCUT2D eigenvalue weighted by atomic mass is 10.1. The molecule has 0 amide bonds. The Morgan fingerprint density at radius 1 is 1.43 bits per heavy atom. The molecule has 0 aromatic carbocycles. The van der Waals surface area contributed by atoms with Gasteiger partial charge in [-0.05, 0) is 34.7 Å². The molecule has 1 aromatic heterocycles. The number of piperazine rings is 1. The summed E-state index contributed by atoms with van der Waals surface area (Å²) in [6.45, 7) is -0.363. The zero-order valence-corrected chi connectivity index (χ0v) is 13.0. The minimum atomic E-state index is -4.43. The highest BCUT2D eigenvalue weighted by Gasteiger charge is 2.46. The SMILES string of the molecule is O=C(O)CN1CCN(c2ccc(I)nc2)C(C(F)(F)F)C1. The predicted molar refractivity (Wildman–Crippen MR) is 78.2 cm³/mol. The predicted octanol–water partition coefficient (Wildman–Crippen LogP) is 1.82. The molecule has 0 bridgehead atoms.